The first kappa shape index (κ1) is 15.9. The Morgan fingerprint density at radius 1 is 1.04 bits per heavy atom. The van der Waals surface area contributed by atoms with Crippen molar-refractivity contribution in [2.75, 3.05) is 23.3 Å². The van der Waals surface area contributed by atoms with E-state index in [1.807, 2.05) is 42.5 Å². The third-order valence-corrected chi connectivity index (χ3v) is 4.16. The zero-order chi connectivity index (χ0) is 17.9. The molecule has 2 N–H and O–H groups in total. The fourth-order valence-corrected chi connectivity index (χ4v) is 2.81. The van der Waals surface area contributed by atoms with Crippen LogP contribution in [0.4, 0.5) is 16.2 Å². The molecule has 0 atom stereocenters. The summed E-state index contributed by atoms with van der Waals surface area (Å²) >= 11 is 0. The normalized spacial score (nSPS) is 13.5. The van der Waals surface area contributed by atoms with Crippen LogP contribution < -0.4 is 15.5 Å². The third-order valence-electron chi connectivity index (χ3n) is 4.16. The molecule has 7 nitrogen and oxygen atoms in total. The van der Waals surface area contributed by atoms with Crippen LogP contribution in [0, 0.1) is 0 Å². The van der Waals surface area contributed by atoms with Crippen LogP contribution in [0.2, 0.25) is 0 Å². The van der Waals surface area contributed by atoms with Crippen LogP contribution >= 0.6 is 0 Å². The molecule has 2 aromatic carbocycles. The summed E-state index contributed by atoms with van der Waals surface area (Å²) in [4.78, 5) is 25.8. The van der Waals surface area contributed by atoms with Gasteiger partial charge in [0.25, 0.3) is 5.91 Å². The Morgan fingerprint density at radius 2 is 1.81 bits per heavy atom. The first-order valence-electron chi connectivity index (χ1n) is 8.27. The van der Waals surface area contributed by atoms with Gasteiger partial charge < -0.3 is 10.6 Å². The molecule has 0 bridgehead atoms. The highest BCUT2D eigenvalue weighted by Crippen LogP contribution is 2.20. The summed E-state index contributed by atoms with van der Waals surface area (Å²) < 4.78 is 1.66. The van der Waals surface area contributed by atoms with Crippen molar-refractivity contribution in [3.05, 3.63) is 72.6 Å². The van der Waals surface area contributed by atoms with Gasteiger partial charge in [-0.3, -0.25) is 9.69 Å². The number of urea groups is 1. The smallest absolute Gasteiger partial charge is 0.321 e. The lowest BCUT2D eigenvalue weighted by atomic mass is 10.2. The lowest BCUT2D eigenvalue weighted by molar-refractivity contribution is 0.102. The van der Waals surface area contributed by atoms with Crippen LogP contribution in [0.1, 0.15) is 10.4 Å². The molecule has 2 heterocycles. The maximum atomic E-state index is 12.4. The number of carbonyl (C=O) groups excluding carboxylic acids is 2. The van der Waals surface area contributed by atoms with Crippen molar-refractivity contribution < 1.29 is 9.59 Å². The maximum absolute atomic E-state index is 12.4. The molecule has 26 heavy (non-hydrogen) atoms. The highest BCUT2D eigenvalue weighted by Gasteiger charge is 2.20. The van der Waals surface area contributed by atoms with Gasteiger partial charge in [0.1, 0.15) is 0 Å². The molecule has 0 unspecified atom stereocenters. The Hall–Kier alpha value is -3.61. The number of benzene rings is 2. The number of nitrogens with one attached hydrogen (secondary N) is 2. The summed E-state index contributed by atoms with van der Waals surface area (Å²) in [6, 6.07) is 16.7. The van der Waals surface area contributed by atoms with Gasteiger partial charge in [0.15, 0.2) is 0 Å². The van der Waals surface area contributed by atoms with E-state index >= 15 is 0 Å². The van der Waals surface area contributed by atoms with Crippen molar-refractivity contribution >= 4 is 23.3 Å². The van der Waals surface area contributed by atoms with Gasteiger partial charge in [0.2, 0.25) is 0 Å². The molecule has 3 aromatic rings. The third kappa shape index (κ3) is 3.14. The number of nitrogens with zero attached hydrogens (tertiary/aromatic N) is 3. The Morgan fingerprint density at radius 3 is 2.50 bits per heavy atom. The van der Waals surface area contributed by atoms with Crippen LogP contribution in [-0.2, 0) is 0 Å². The molecule has 1 aromatic heterocycles. The van der Waals surface area contributed by atoms with Gasteiger partial charge in [-0.25, -0.2) is 9.48 Å². The lowest BCUT2D eigenvalue weighted by Crippen LogP contribution is -2.27. The quantitative estimate of drug-likeness (QED) is 0.761. The molecular formula is C19H17N5O2. The number of anilines is 2. The predicted molar refractivity (Wildman–Crippen MR) is 98.7 cm³/mol. The molecule has 1 aliphatic rings. The van der Waals surface area contributed by atoms with E-state index in [4.69, 9.17) is 0 Å². The Kier molecular flexibility index (Phi) is 4.10. The van der Waals surface area contributed by atoms with Gasteiger partial charge in [-0.2, -0.15) is 5.10 Å². The summed E-state index contributed by atoms with van der Waals surface area (Å²) in [6.07, 6.45) is 3.22. The van der Waals surface area contributed by atoms with Gasteiger partial charge in [0.05, 0.1) is 17.4 Å². The highest BCUT2D eigenvalue weighted by atomic mass is 16.2. The van der Waals surface area contributed by atoms with Crippen molar-refractivity contribution in [1.82, 2.24) is 15.1 Å². The van der Waals surface area contributed by atoms with Gasteiger partial charge in [0, 0.05) is 30.7 Å². The maximum Gasteiger partial charge on any atom is 0.321 e. The minimum atomic E-state index is -0.237. The topological polar surface area (TPSA) is 79.3 Å². The molecule has 7 heteroatoms. The number of rotatable bonds is 4. The first-order valence-corrected chi connectivity index (χ1v) is 8.27. The zero-order valence-corrected chi connectivity index (χ0v) is 13.9. The van der Waals surface area contributed by atoms with Crippen LogP contribution in [-0.4, -0.2) is 34.8 Å². The molecule has 0 radical (unpaired) electrons. The van der Waals surface area contributed by atoms with Crippen LogP contribution in [0.5, 0.6) is 0 Å². The number of amides is 3. The summed E-state index contributed by atoms with van der Waals surface area (Å²) in [5.41, 5.74) is 2.82. The van der Waals surface area contributed by atoms with E-state index < -0.39 is 0 Å². The monoisotopic (exact) mass is 347 g/mol. The largest absolute Gasteiger partial charge is 0.336 e. The molecule has 1 fully saturated rings. The van der Waals surface area contributed by atoms with E-state index in [9.17, 15) is 9.59 Å². The highest BCUT2D eigenvalue weighted by molar-refractivity contribution is 6.04. The van der Waals surface area contributed by atoms with E-state index in [2.05, 4.69) is 15.7 Å². The summed E-state index contributed by atoms with van der Waals surface area (Å²) in [7, 11) is 0. The molecule has 1 saturated heterocycles. The second kappa shape index (κ2) is 6.72. The number of hydrogen-bond acceptors (Lipinski definition) is 3. The van der Waals surface area contributed by atoms with E-state index in [0.717, 1.165) is 11.4 Å². The molecule has 3 amide bonds. The standard InChI is InChI=1S/C19H17N5O2/c25-18(14-12-21-24(13-14)17-4-2-1-3-5-17)22-15-6-8-16(9-7-15)23-11-10-20-19(23)26/h1-9,12-13H,10-11H2,(H,20,26)(H,22,25). The molecule has 0 spiro atoms. The number of carbonyl (C=O) groups is 2. The molecular weight excluding hydrogens is 330 g/mol. The summed E-state index contributed by atoms with van der Waals surface area (Å²) in [6.45, 7) is 1.28. The van der Waals surface area contributed by atoms with Gasteiger partial charge in [-0.05, 0) is 36.4 Å². The second-order valence-electron chi connectivity index (χ2n) is 5.89. The van der Waals surface area contributed by atoms with Gasteiger partial charge >= 0.3 is 6.03 Å². The van der Waals surface area contributed by atoms with Crippen molar-refractivity contribution in [2.45, 2.75) is 0 Å². The molecule has 0 aliphatic carbocycles. The molecule has 1 aliphatic heterocycles. The van der Waals surface area contributed by atoms with Crippen molar-refractivity contribution in [3.8, 4) is 5.69 Å². The van der Waals surface area contributed by atoms with Crippen molar-refractivity contribution in [2.24, 2.45) is 0 Å². The van der Waals surface area contributed by atoms with Gasteiger partial charge in [-0.1, -0.05) is 18.2 Å². The predicted octanol–water partition coefficient (Wildman–Crippen LogP) is 2.65. The fraction of sp³-hybridized carbons (Fsp3) is 0.105. The van der Waals surface area contributed by atoms with Crippen molar-refractivity contribution in [3.63, 3.8) is 0 Å². The van der Waals surface area contributed by atoms with Crippen LogP contribution in [0.3, 0.4) is 0 Å². The summed E-state index contributed by atoms with van der Waals surface area (Å²) in [5, 5.41) is 9.83. The van der Waals surface area contributed by atoms with Crippen LogP contribution in [0.25, 0.3) is 5.69 Å². The molecule has 130 valence electrons. The van der Waals surface area contributed by atoms with Gasteiger partial charge in [-0.15, -0.1) is 0 Å². The Labute approximate surface area is 150 Å². The number of aromatic nitrogens is 2. The van der Waals surface area contributed by atoms with E-state index in [1.165, 1.54) is 6.20 Å². The minimum absolute atomic E-state index is 0.102. The Balaban J connectivity index is 1.45. The summed E-state index contributed by atoms with van der Waals surface area (Å²) in [5.74, 6) is -0.237. The first-order chi connectivity index (χ1) is 12.7. The average Bonchev–Trinajstić information content (AvgIpc) is 3.32. The second-order valence-corrected chi connectivity index (χ2v) is 5.89. The van der Waals surface area contributed by atoms with E-state index in [1.54, 1.807) is 27.9 Å². The van der Waals surface area contributed by atoms with Crippen molar-refractivity contribution in [1.29, 1.82) is 0 Å². The van der Waals surface area contributed by atoms with E-state index in [-0.39, 0.29) is 11.9 Å². The number of para-hydroxylation sites is 1. The van der Waals surface area contributed by atoms with Crippen LogP contribution in [0.15, 0.2) is 67.0 Å². The van der Waals surface area contributed by atoms with E-state index in [0.29, 0.717) is 24.3 Å². The fourth-order valence-electron chi connectivity index (χ4n) is 2.81. The minimum Gasteiger partial charge on any atom is -0.336 e. The Bertz CT molecular complexity index is 934. The SMILES string of the molecule is O=C(Nc1ccc(N2CCNC2=O)cc1)c1cnn(-c2ccccc2)c1. The number of hydrogen-bond donors (Lipinski definition) is 2. The average molecular weight is 347 g/mol. The molecule has 4 rings (SSSR count). The zero-order valence-electron chi connectivity index (χ0n) is 13.9. The molecule has 0 saturated carbocycles. The lowest BCUT2D eigenvalue weighted by Gasteiger charge is -2.14.